The molecule has 0 amide bonds. The Bertz CT molecular complexity index is 1510. The van der Waals surface area contributed by atoms with Crippen molar-refractivity contribution in [1.29, 1.82) is 0 Å². The summed E-state index contributed by atoms with van der Waals surface area (Å²) in [5.41, 5.74) is 8.36. The van der Waals surface area contributed by atoms with Crippen LogP contribution in [0.3, 0.4) is 0 Å². The van der Waals surface area contributed by atoms with Crippen molar-refractivity contribution in [3.8, 4) is 22.3 Å². The van der Waals surface area contributed by atoms with Gasteiger partial charge in [0.1, 0.15) is 0 Å². The van der Waals surface area contributed by atoms with Crippen LogP contribution in [-0.4, -0.2) is 0 Å². The number of hydrogen-bond acceptors (Lipinski definition) is 0. The van der Waals surface area contributed by atoms with Crippen molar-refractivity contribution in [3.05, 3.63) is 147 Å². The summed E-state index contributed by atoms with van der Waals surface area (Å²) in [6.07, 6.45) is 5.01. The molecule has 0 aliphatic heterocycles. The Labute approximate surface area is 246 Å². The van der Waals surface area contributed by atoms with Gasteiger partial charge in [0, 0.05) is 0 Å². The number of benzene rings is 4. The summed E-state index contributed by atoms with van der Waals surface area (Å²) >= 11 is 0. The van der Waals surface area contributed by atoms with Crippen LogP contribution in [0.5, 0.6) is 0 Å². The van der Waals surface area contributed by atoms with E-state index in [-0.39, 0.29) is 46.1 Å². The van der Waals surface area contributed by atoms with Crippen LogP contribution >= 0.6 is 0 Å². The van der Waals surface area contributed by atoms with Crippen molar-refractivity contribution in [2.45, 2.75) is 31.1 Å². The van der Waals surface area contributed by atoms with Gasteiger partial charge in [0.15, 0.2) is 0 Å². The third-order valence-corrected chi connectivity index (χ3v) is 8.28. The van der Waals surface area contributed by atoms with Crippen molar-refractivity contribution < 1.29 is 25.8 Å². The Morgan fingerprint density at radius 1 is 0.474 bits per heavy atom. The zero-order valence-electron chi connectivity index (χ0n) is 22.4. The SMILES string of the molecule is [CH3-].[CH3-].[Hf+4].c1ccc(-c2cccc3c2cc[c-]3C2([c-]3ccc4c(-c5ccccc5)cccc43)CCCC2)cc1. The second kappa shape index (κ2) is 11.4. The number of hydrogen-bond donors (Lipinski definition) is 0. The van der Waals surface area contributed by atoms with Crippen molar-refractivity contribution in [1.82, 2.24) is 0 Å². The Morgan fingerprint density at radius 2 is 0.895 bits per heavy atom. The molecule has 1 saturated carbocycles. The van der Waals surface area contributed by atoms with E-state index in [0.29, 0.717) is 0 Å². The molecule has 0 unspecified atom stereocenters. The van der Waals surface area contributed by atoms with E-state index in [1.165, 1.54) is 80.6 Å². The zero-order valence-corrected chi connectivity index (χ0v) is 26.0. The monoisotopic (exact) mass is 658 g/mol. The molecule has 0 bridgehead atoms. The zero-order chi connectivity index (χ0) is 23.2. The van der Waals surface area contributed by atoms with Gasteiger partial charge < -0.3 is 14.9 Å². The van der Waals surface area contributed by atoms with Gasteiger partial charge in [-0.25, -0.2) is 0 Å². The minimum absolute atomic E-state index is 0. The first-order chi connectivity index (χ1) is 17.4. The molecule has 1 aliphatic rings. The predicted octanol–water partition coefficient (Wildman–Crippen LogP) is 10.5. The Balaban J connectivity index is 0.00000112. The molecule has 6 aromatic rings. The molecule has 6 aromatic carbocycles. The molecular formula is C37H34Hf. The van der Waals surface area contributed by atoms with E-state index in [4.69, 9.17) is 0 Å². The van der Waals surface area contributed by atoms with E-state index in [1.54, 1.807) is 0 Å². The fraction of sp³-hybridized carbons (Fsp3) is 0.135. The van der Waals surface area contributed by atoms with Crippen LogP contribution in [-0.2, 0) is 31.3 Å². The summed E-state index contributed by atoms with van der Waals surface area (Å²) in [6, 6.07) is 45.0. The van der Waals surface area contributed by atoms with Gasteiger partial charge in [-0.15, -0.1) is 69.1 Å². The van der Waals surface area contributed by atoms with Gasteiger partial charge in [-0.05, 0) is 16.5 Å². The molecule has 0 atom stereocenters. The third kappa shape index (κ3) is 4.35. The molecule has 0 N–H and O–H groups in total. The minimum Gasteiger partial charge on any atom is -0.358 e. The van der Waals surface area contributed by atoms with Gasteiger partial charge in [-0.1, -0.05) is 110 Å². The van der Waals surface area contributed by atoms with E-state index >= 15 is 0 Å². The second-order valence-electron chi connectivity index (χ2n) is 10.0. The van der Waals surface area contributed by atoms with Gasteiger partial charge in [0.05, 0.1) is 0 Å². The average Bonchev–Trinajstić information content (AvgIpc) is 3.68. The summed E-state index contributed by atoms with van der Waals surface area (Å²) in [4.78, 5) is 0. The number of rotatable bonds is 4. The van der Waals surface area contributed by atoms with Gasteiger partial charge in [-0.2, -0.15) is 12.1 Å². The first-order valence-electron chi connectivity index (χ1n) is 12.8. The van der Waals surface area contributed by atoms with Crippen LogP contribution < -0.4 is 0 Å². The van der Waals surface area contributed by atoms with E-state index < -0.39 is 0 Å². The molecule has 1 aliphatic carbocycles. The second-order valence-corrected chi connectivity index (χ2v) is 10.0. The third-order valence-electron chi connectivity index (χ3n) is 8.28. The molecule has 0 radical (unpaired) electrons. The quantitative estimate of drug-likeness (QED) is 0.131. The Kier molecular flexibility index (Phi) is 8.38. The topological polar surface area (TPSA) is 0 Å². The molecule has 38 heavy (non-hydrogen) atoms. The van der Waals surface area contributed by atoms with E-state index in [0.717, 1.165) is 0 Å². The maximum Gasteiger partial charge on any atom is 4.00 e. The summed E-state index contributed by atoms with van der Waals surface area (Å²) in [7, 11) is 0. The van der Waals surface area contributed by atoms with E-state index in [1.807, 2.05) is 0 Å². The molecule has 0 saturated heterocycles. The molecule has 0 spiro atoms. The molecule has 0 aromatic heterocycles. The molecule has 7 rings (SSSR count). The van der Waals surface area contributed by atoms with Crippen molar-refractivity contribution >= 4 is 21.5 Å². The van der Waals surface area contributed by atoms with Crippen LogP contribution in [0.15, 0.2) is 121 Å². The normalized spacial score (nSPS) is 14.0. The average molecular weight is 657 g/mol. The molecule has 0 heterocycles. The maximum absolute atomic E-state index is 2.43. The largest absolute Gasteiger partial charge is 4.00 e. The molecule has 1 heteroatoms. The van der Waals surface area contributed by atoms with Crippen LogP contribution in [0.4, 0.5) is 0 Å². The standard InChI is InChI=1S/C35H28.2CH3.Hf/c1-3-11-25(12-4-1)27-15-9-17-31-29(27)19-21-33(31)35(23-7-8-24-35)34-22-20-30-28(16-10-18-32(30)34)26-13-5-2-6-14-26;;;/h1-6,9-22H,7-8,23-24H2;2*1H3;/q-2;2*-1;+4. The number of fused-ring (bicyclic) bond motifs is 2. The smallest absolute Gasteiger partial charge is 0.358 e. The Morgan fingerprint density at radius 3 is 1.32 bits per heavy atom. The van der Waals surface area contributed by atoms with Gasteiger partial charge in [0.25, 0.3) is 0 Å². The first kappa shape index (κ1) is 28.0. The Hall–Kier alpha value is -3.03. The van der Waals surface area contributed by atoms with Gasteiger partial charge >= 0.3 is 25.8 Å². The first-order valence-corrected chi connectivity index (χ1v) is 12.8. The fourth-order valence-corrected chi connectivity index (χ4v) is 6.71. The molecular weight excluding hydrogens is 623 g/mol. The molecule has 0 nitrogen and oxygen atoms in total. The van der Waals surface area contributed by atoms with Crippen molar-refractivity contribution in [3.63, 3.8) is 0 Å². The van der Waals surface area contributed by atoms with Crippen LogP contribution in [0, 0.1) is 14.9 Å². The van der Waals surface area contributed by atoms with Gasteiger partial charge in [0.2, 0.25) is 0 Å². The maximum atomic E-state index is 2.43. The summed E-state index contributed by atoms with van der Waals surface area (Å²) in [5, 5.41) is 5.59. The van der Waals surface area contributed by atoms with E-state index in [9.17, 15) is 0 Å². The van der Waals surface area contributed by atoms with Crippen molar-refractivity contribution in [2.75, 3.05) is 0 Å². The van der Waals surface area contributed by atoms with Crippen LogP contribution in [0.25, 0.3) is 43.8 Å². The van der Waals surface area contributed by atoms with Gasteiger partial charge in [-0.3, -0.25) is 0 Å². The predicted molar refractivity (Wildman–Crippen MR) is 162 cm³/mol. The molecule has 186 valence electrons. The van der Waals surface area contributed by atoms with E-state index in [2.05, 4.69) is 121 Å². The summed E-state index contributed by atoms with van der Waals surface area (Å²) < 4.78 is 0. The summed E-state index contributed by atoms with van der Waals surface area (Å²) in [6.45, 7) is 0. The fourth-order valence-electron chi connectivity index (χ4n) is 6.71. The minimum atomic E-state index is 0. The van der Waals surface area contributed by atoms with Crippen molar-refractivity contribution in [2.24, 2.45) is 0 Å². The molecule has 1 fully saturated rings. The van der Waals surface area contributed by atoms with Crippen LogP contribution in [0.2, 0.25) is 0 Å². The van der Waals surface area contributed by atoms with Crippen LogP contribution in [0.1, 0.15) is 36.8 Å². The summed E-state index contributed by atoms with van der Waals surface area (Å²) in [5.74, 6) is 0.